The van der Waals surface area contributed by atoms with Crippen molar-refractivity contribution < 1.29 is 14.7 Å². The van der Waals surface area contributed by atoms with Crippen LogP contribution in [-0.2, 0) is 16.0 Å². The highest BCUT2D eigenvalue weighted by Crippen LogP contribution is 2.35. The van der Waals surface area contributed by atoms with E-state index in [-0.39, 0.29) is 30.0 Å². The summed E-state index contributed by atoms with van der Waals surface area (Å²) in [6, 6.07) is 6.62. The lowest BCUT2D eigenvalue weighted by Gasteiger charge is -2.37. The number of rotatable bonds is 5. The summed E-state index contributed by atoms with van der Waals surface area (Å²) in [6.07, 6.45) is 1.89. The van der Waals surface area contributed by atoms with Gasteiger partial charge in [0.1, 0.15) is 11.8 Å². The molecule has 3 rings (SSSR count). The zero-order valence-corrected chi connectivity index (χ0v) is 20.3. The predicted molar refractivity (Wildman–Crippen MR) is 131 cm³/mol. The van der Waals surface area contributed by atoms with Gasteiger partial charge in [0.2, 0.25) is 5.91 Å². The van der Waals surface area contributed by atoms with Gasteiger partial charge in [-0.2, -0.15) is 0 Å². The van der Waals surface area contributed by atoms with Gasteiger partial charge in [-0.1, -0.05) is 19.9 Å². The molecule has 0 fully saturated rings. The third-order valence-corrected chi connectivity index (χ3v) is 6.22. The molecule has 32 heavy (non-hydrogen) atoms. The van der Waals surface area contributed by atoms with Crippen molar-refractivity contribution >= 4 is 35.6 Å². The molecule has 0 radical (unpaired) electrons. The second-order valence-corrected chi connectivity index (χ2v) is 8.96. The average Bonchev–Trinajstić information content (AvgIpc) is 2.73. The third-order valence-electron chi connectivity index (χ3n) is 6.22. The van der Waals surface area contributed by atoms with E-state index in [2.05, 4.69) is 19.2 Å². The van der Waals surface area contributed by atoms with E-state index in [1.54, 1.807) is 17.9 Å². The molecule has 0 aromatic heterocycles. The molecule has 2 amide bonds. The maximum atomic E-state index is 13.5. The number of benzene rings is 2. The first-order valence-corrected chi connectivity index (χ1v) is 10.9. The number of aromatic hydroxyl groups is 1. The Morgan fingerprint density at radius 1 is 1.19 bits per heavy atom. The summed E-state index contributed by atoms with van der Waals surface area (Å²) in [5.41, 5.74) is 11.3. The van der Waals surface area contributed by atoms with Crippen LogP contribution < -0.4 is 11.1 Å². The minimum absolute atomic E-state index is 0. The predicted octanol–water partition coefficient (Wildman–Crippen LogP) is 4.82. The van der Waals surface area contributed by atoms with Gasteiger partial charge in [0.25, 0.3) is 5.91 Å². The van der Waals surface area contributed by atoms with Crippen LogP contribution in [0.25, 0.3) is 0 Å². The standard InChI is InChI=1S/C25H33N3O3.ClH/c1-14(2)6-9-22(29)28-11-10-18-7-8-19(26)13-20(18)23(28)25(31)27-21-12-15(3)24(30)17(5)16(21)4;/h7-8,12-14,23,30H,6,9-11,26H2,1-5H3,(H,27,31);1H. The van der Waals surface area contributed by atoms with E-state index in [1.807, 2.05) is 32.0 Å². The van der Waals surface area contributed by atoms with Gasteiger partial charge in [-0.05, 0) is 85.5 Å². The molecule has 1 aliphatic rings. The average molecular weight is 460 g/mol. The zero-order valence-electron chi connectivity index (χ0n) is 19.5. The van der Waals surface area contributed by atoms with Crippen molar-refractivity contribution in [2.75, 3.05) is 17.6 Å². The van der Waals surface area contributed by atoms with Gasteiger partial charge in [0, 0.05) is 24.3 Å². The highest BCUT2D eigenvalue weighted by atomic mass is 35.5. The van der Waals surface area contributed by atoms with E-state index in [0.717, 1.165) is 28.7 Å². The Morgan fingerprint density at radius 2 is 1.88 bits per heavy atom. The summed E-state index contributed by atoms with van der Waals surface area (Å²) in [7, 11) is 0. The Kier molecular flexibility index (Phi) is 8.18. The summed E-state index contributed by atoms with van der Waals surface area (Å²) in [4.78, 5) is 28.3. The van der Waals surface area contributed by atoms with Crippen LogP contribution in [0, 0.1) is 26.7 Å². The summed E-state index contributed by atoms with van der Waals surface area (Å²) in [5.74, 6) is 0.361. The lowest BCUT2D eigenvalue weighted by Crippen LogP contribution is -2.45. The Labute approximate surface area is 196 Å². The zero-order chi connectivity index (χ0) is 22.9. The number of nitrogen functional groups attached to an aromatic ring is 1. The SMILES string of the molecule is Cc1cc(NC(=O)C2c3cc(N)ccc3CCN2C(=O)CCC(C)C)c(C)c(C)c1O.Cl. The number of nitrogens with one attached hydrogen (secondary N) is 1. The van der Waals surface area contributed by atoms with E-state index in [1.165, 1.54) is 0 Å². The Balaban J connectivity index is 0.00000363. The molecular weight excluding hydrogens is 426 g/mol. The first-order valence-electron chi connectivity index (χ1n) is 10.9. The number of carbonyl (C=O) groups excluding carboxylic acids is 2. The Morgan fingerprint density at radius 3 is 2.53 bits per heavy atom. The molecule has 1 atom stereocenters. The van der Waals surface area contributed by atoms with E-state index < -0.39 is 6.04 Å². The number of carbonyl (C=O) groups is 2. The van der Waals surface area contributed by atoms with E-state index in [0.29, 0.717) is 42.2 Å². The summed E-state index contributed by atoms with van der Waals surface area (Å²) in [6.45, 7) is 10.2. The number of phenols is 1. The van der Waals surface area contributed by atoms with Crippen LogP contribution in [0.1, 0.15) is 60.5 Å². The Bertz CT molecular complexity index is 1020. The fourth-order valence-corrected chi connectivity index (χ4v) is 4.14. The molecule has 0 saturated heterocycles. The van der Waals surface area contributed by atoms with Crippen molar-refractivity contribution in [1.82, 2.24) is 4.90 Å². The second kappa shape index (κ2) is 10.3. The van der Waals surface area contributed by atoms with Crippen LogP contribution >= 0.6 is 12.4 Å². The topological polar surface area (TPSA) is 95.7 Å². The minimum Gasteiger partial charge on any atom is -0.507 e. The van der Waals surface area contributed by atoms with Crippen LogP contribution in [0.3, 0.4) is 0 Å². The third kappa shape index (κ3) is 5.18. The van der Waals surface area contributed by atoms with Crippen molar-refractivity contribution in [3.63, 3.8) is 0 Å². The van der Waals surface area contributed by atoms with E-state index in [4.69, 9.17) is 5.73 Å². The van der Waals surface area contributed by atoms with Gasteiger partial charge in [-0.15, -0.1) is 12.4 Å². The highest BCUT2D eigenvalue weighted by molar-refractivity contribution is 5.99. The number of anilines is 2. The molecule has 2 aromatic carbocycles. The molecule has 0 spiro atoms. The fourth-order valence-electron chi connectivity index (χ4n) is 4.14. The number of halogens is 1. The first-order chi connectivity index (χ1) is 14.6. The molecule has 0 bridgehead atoms. The summed E-state index contributed by atoms with van der Waals surface area (Å²) < 4.78 is 0. The lowest BCUT2D eigenvalue weighted by molar-refractivity contribution is -0.139. The number of hydrogen-bond donors (Lipinski definition) is 3. The number of amides is 2. The normalized spacial score (nSPS) is 15.2. The van der Waals surface area contributed by atoms with Crippen molar-refractivity contribution in [1.29, 1.82) is 0 Å². The number of phenolic OH excluding ortho intramolecular Hbond substituents is 1. The van der Waals surface area contributed by atoms with Gasteiger partial charge >= 0.3 is 0 Å². The quantitative estimate of drug-likeness (QED) is 0.441. The maximum Gasteiger partial charge on any atom is 0.251 e. The minimum atomic E-state index is -0.735. The van der Waals surface area contributed by atoms with Crippen LogP contribution in [0.2, 0.25) is 0 Å². The van der Waals surface area contributed by atoms with Gasteiger partial charge < -0.3 is 21.1 Å². The maximum absolute atomic E-state index is 13.5. The molecule has 1 heterocycles. The molecule has 7 heteroatoms. The number of hydrogen-bond acceptors (Lipinski definition) is 4. The van der Waals surface area contributed by atoms with Crippen LogP contribution in [0.4, 0.5) is 11.4 Å². The van der Waals surface area contributed by atoms with Crippen LogP contribution in [0.5, 0.6) is 5.75 Å². The monoisotopic (exact) mass is 459 g/mol. The smallest absolute Gasteiger partial charge is 0.251 e. The number of fused-ring (bicyclic) bond motifs is 1. The number of aryl methyl sites for hydroxylation is 1. The largest absolute Gasteiger partial charge is 0.507 e. The molecule has 1 unspecified atom stereocenters. The summed E-state index contributed by atoms with van der Waals surface area (Å²) in [5, 5.41) is 13.2. The van der Waals surface area contributed by atoms with E-state index >= 15 is 0 Å². The van der Waals surface area contributed by atoms with Gasteiger partial charge in [0.15, 0.2) is 0 Å². The van der Waals surface area contributed by atoms with Crippen molar-refractivity contribution in [3.8, 4) is 5.75 Å². The molecule has 6 nitrogen and oxygen atoms in total. The Hall–Kier alpha value is -2.73. The first kappa shape index (κ1) is 25.5. The van der Waals surface area contributed by atoms with Gasteiger partial charge in [-0.25, -0.2) is 0 Å². The number of nitrogens with zero attached hydrogens (tertiary/aromatic N) is 1. The molecule has 4 N–H and O–H groups in total. The van der Waals surface area contributed by atoms with Gasteiger partial charge in [0.05, 0.1) is 0 Å². The molecule has 2 aromatic rings. The number of nitrogens with two attached hydrogens (primary N) is 1. The van der Waals surface area contributed by atoms with Crippen molar-refractivity contribution in [2.45, 2.75) is 59.9 Å². The van der Waals surface area contributed by atoms with Crippen molar-refractivity contribution in [3.05, 3.63) is 52.1 Å². The van der Waals surface area contributed by atoms with Crippen LogP contribution in [-0.4, -0.2) is 28.4 Å². The van der Waals surface area contributed by atoms with E-state index in [9.17, 15) is 14.7 Å². The molecule has 174 valence electrons. The summed E-state index contributed by atoms with van der Waals surface area (Å²) >= 11 is 0. The van der Waals surface area contributed by atoms with Crippen LogP contribution in [0.15, 0.2) is 24.3 Å². The lowest BCUT2D eigenvalue weighted by atomic mass is 9.90. The molecule has 0 aliphatic carbocycles. The highest BCUT2D eigenvalue weighted by Gasteiger charge is 2.36. The second-order valence-electron chi connectivity index (χ2n) is 8.96. The van der Waals surface area contributed by atoms with Crippen molar-refractivity contribution in [2.24, 2.45) is 5.92 Å². The molecular formula is C25H34ClN3O3. The van der Waals surface area contributed by atoms with Gasteiger partial charge in [-0.3, -0.25) is 9.59 Å². The molecule has 0 saturated carbocycles. The molecule has 1 aliphatic heterocycles. The fraction of sp³-hybridized carbons (Fsp3) is 0.440.